The molecule has 2 aromatic rings. The van der Waals surface area contributed by atoms with Gasteiger partial charge in [-0.3, -0.25) is 9.59 Å². The summed E-state index contributed by atoms with van der Waals surface area (Å²) in [5.41, 5.74) is 1.78. The first-order valence-corrected chi connectivity index (χ1v) is 10.1. The van der Waals surface area contributed by atoms with Gasteiger partial charge in [-0.1, -0.05) is 43.2 Å². The number of hydrogen-bond donors (Lipinski definition) is 0. The van der Waals surface area contributed by atoms with E-state index < -0.39 is 0 Å². The summed E-state index contributed by atoms with van der Waals surface area (Å²) < 4.78 is 1.60. The van der Waals surface area contributed by atoms with Crippen LogP contribution in [0.5, 0.6) is 0 Å². The van der Waals surface area contributed by atoms with Crippen LogP contribution in [-0.4, -0.2) is 33.7 Å². The van der Waals surface area contributed by atoms with E-state index in [0.29, 0.717) is 18.4 Å². The highest BCUT2D eigenvalue weighted by atomic mass is 16.2. The minimum atomic E-state index is -0.0563. The second-order valence-electron chi connectivity index (χ2n) is 7.85. The van der Waals surface area contributed by atoms with E-state index in [0.717, 1.165) is 50.0 Å². The van der Waals surface area contributed by atoms with Gasteiger partial charge in [0, 0.05) is 37.2 Å². The molecule has 0 spiro atoms. The van der Waals surface area contributed by atoms with Crippen LogP contribution in [0, 0.1) is 11.8 Å². The fraction of sp³-hybridized carbons (Fsp3) is 0.500. The molecule has 1 aromatic carbocycles. The zero-order chi connectivity index (χ0) is 18.6. The second-order valence-corrected chi connectivity index (χ2v) is 7.85. The first-order chi connectivity index (χ1) is 13.2. The summed E-state index contributed by atoms with van der Waals surface area (Å²) in [6.45, 7) is 2.26. The predicted molar refractivity (Wildman–Crippen MR) is 105 cm³/mol. The standard InChI is InChI=1S/C22H27N3O2/c26-21-11-10-20(18-6-2-1-3-7-18)23-25(21)16-17-12-14-24(15-13-17)22(27)19-8-4-5-9-19/h1-3,6-7,10-11,17,19H,4-5,8-9,12-16H2. The molecule has 1 saturated heterocycles. The molecule has 1 saturated carbocycles. The maximum absolute atomic E-state index is 12.6. The van der Waals surface area contributed by atoms with Crippen LogP contribution >= 0.6 is 0 Å². The van der Waals surface area contributed by atoms with E-state index in [-0.39, 0.29) is 11.5 Å². The van der Waals surface area contributed by atoms with Crippen LogP contribution < -0.4 is 5.56 Å². The van der Waals surface area contributed by atoms with Crippen molar-refractivity contribution in [1.29, 1.82) is 0 Å². The molecule has 4 rings (SSSR count). The summed E-state index contributed by atoms with van der Waals surface area (Å²) >= 11 is 0. The molecule has 1 amide bonds. The topological polar surface area (TPSA) is 55.2 Å². The molecule has 1 aliphatic heterocycles. The van der Waals surface area contributed by atoms with Crippen molar-refractivity contribution in [1.82, 2.24) is 14.7 Å². The number of benzene rings is 1. The van der Waals surface area contributed by atoms with Crippen LogP contribution in [0.2, 0.25) is 0 Å². The molecule has 0 N–H and O–H groups in total. The average Bonchev–Trinajstić information content (AvgIpc) is 3.25. The van der Waals surface area contributed by atoms with Crippen molar-refractivity contribution in [3.63, 3.8) is 0 Å². The molecule has 1 aliphatic carbocycles. The van der Waals surface area contributed by atoms with Crippen molar-refractivity contribution < 1.29 is 4.79 Å². The fourth-order valence-corrected chi connectivity index (χ4v) is 4.35. The van der Waals surface area contributed by atoms with Gasteiger partial charge in [-0.25, -0.2) is 4.68 Å². The van der Waals surface area contributed by atoms with Crippen LogP contribution in [0.1, 0.15) is 38.5 Å². The summed E-state index contributed by atoms with van der Waals surface area (Å²) in [6, 6.07) is 13.3. The number of amides is 1. The smallest absolute Gasteiger partial charge is 0.266 e. The maximum atomic E-state index is 12.6. The number of likely N-dealkylation sites (tertiary alicyclic amines) is 1. The lowest BCUT2D eigenvalue weighted by Crippen LogP contribution is -2.42. The van der Waals surface area contributed by atoms with Gasteiger partial charge < -0.3 is 4.90 Å². The van der Waals surface area contributed by atoms with Gasteiger partial charge in [0.15, 0.2) is 0 Å². The third kappa shape index (κ3) is 4.12. The minimum Gasteiger partial charge on any atom is -0.342 e. The lowest BCUT2D eigenvalue weighted by atomic mass is 9.95. The second kappa shape index (κ2) is 8.07. The Labute approximate surface area is 160 Å². The van der Waals surface area contributed by atoms with E-state index in [1.54, 1.807) is 16.8 Å². The first-order valence-electron chi connectivity index (χ1n) is 10.1. The quantitative estimate of drug-likeness (QED) is 0.835. The van der Waals surface area contributed by atoms with Crippen LogP contribution in [0.3, 0.4) is 0 Å². The lowest BCUT2D eigenvalue weighted by Gasteiger charge is -2.33. The number of rotatable bonds is 4. The van der Waals surface area contributed by atoms with Gasteiger partial charge in [-0.15, -0.1) is 0 Å². The van der Waals surface area contributed by atoms with E-state index in [9.17, 15) is 9.59 Å². The Morgan fingerprint density at radius 1 is 0.963 bits per heavy atom. The van der Waals surface area contributed by atoms with Gasteiger partial charge in [0.2, 0.25) is 5.91 Å². The Kier molecular flexibility index (Phi) is 5.37. The summed E-state index contributed by atoms with van der Waals surface area (Å²) in [6.07, 6.45) is 6.40. The van der Waals surface area contributed by atoms with E-state index in [1.165, 1.54) is 12.8 Å². The fourth-order valence-electron chi connectivity index (χ4n) is 4.35. The molecule has 2 fully saturated rings. The molecule has 1 aromatic heterocycles. The van der Waals surface area contributed by atoms with Crippen molar-refractivity contribution >= 4 is 5.91 Å². The molecule has 27 heavy (non-hydrogen) atoms. The Bertz CT molecular complexity index is 832. The zero-order valence-electron chi connectivity index (χ0n) is 15.7. The highest BCUT2D eigenvalue weighted by Crippen LogP contribution is 2.28. The summed E-state index contributed by atoms with van der Waals surface area (Å²) in [5, 5.41) is 4.58. The van der Waals surface area contributed by atoms with Gasteiger partial charge in [0.1, 0.15) is 0 Å². The van der Waals surface area contributed by atoms with E-state index in [2.05, 4.69) is 5.10 Å². The molecule has 0 bridgehead atoms. The minimum absolute atomic E-state index is 0.0563. The Balaban J connectivity index is 1.39. The Morgan fingerprint density at radius 2 is 1.67 bits per heavy atom. The van der Waals surface area contributed by atoms with E-state index in [1.807, 2.05) is 35.2 Å². The number of nitrogens with zero attached hydrogens (tertiary/aromatic N) is 3. The number of aromatic nitrogens is 2. The molecule has 142 valence electrons. The van der Waals surface area contributed by atoms with Gasteiger partial charge in [0.25, 0.3) is 5.56 Å². The van der Waals surface area contributed by atoms with Gasteiger partial charge in [-0.05, 0) is 37.7 Å². The summed E-state index contributed by atoms with van der Waals surface area (Å²) in [7, 11) is 0. The molecule has 0 unspecified atom stereocenters. The van der Waals surface area contributed by atoms with Crippen LogP contribution in [0.4, 0.5) is 0 Å². The highest BCUT2D eigenvalue weighted by Gasteiger charge is 2.30. The maximum Gasteiger partial charge on any atom is 0.266 e. The monoisotopic (exact) mass is 365 g/mol. The molecule has 0 atom stereocenters. The average molecular weight is 365 g/mol. The third-order valence-corrected chi connectivity index (χ3v) is 6.00. The van der Waals surface area contributed by atoms with Crippen molar-refractivity contribution in [2.45, 2.75) is 45.1 Å². The van der Waals surface area contributed by atoms with Gasteiger partial charge >= 0.3 is 0 Å². The number of hydrogen-bond acceptors (Lipinski definition) is 3. The molecule has 2 heterocycles. The zero-order valence-corrected chi connectivity index (χ0v) is 15.7. The molecular formula is C22H27N3O2. The van der Waals surface area contributed by atoms with Crippen molar-refractivity contribution in [3.05, 3.63) is 52.8 Å². The Hall–Kier alpha value is -2.43. The van der Waals surface area contributed by atoms with Crippen molar-refractivity contribution in [3.8, 4) is 11.3 Å². The SMILES string of the molecule is O=C(C1CCCC1)N1CCC(Cn2nc(-c3ccccc3)ccc2=O)CC1. The lowest BCUT2D eigenvalue weighted by molar-refractivity contribution is -0.136. The predicted octanol–water partition coefficient (Wildman–Crippen LogP) is 3.34. The van der Waals surface area contributed by atoms with Gasteiger partial charge in [-0.2, -0.15) is 5.10 Å². The molecular weight excluding hydrogens is 338 g/mol. The normalized spacial score (nSPS) is 18.7. The molecule has 0 radical (unpaired) electrons. The number of carbonyl (C=O) groups excluding carboxylic acids is 1. The number of carbonyl (C=O) groups is 1. The van der Waals surface area contributed by atoms with Crippen LogP contribution in [-0.2, 0) is 11.3 Å². The van der Waals surface area contributed by atoms with E-state index >= 15 is 0 Å². The molecule has 5 heteroatoms. The summed E-state index contributed by atoms with van der Waals surface area (Å²) in [4.78, 5) is 26.9. The first kappa shape index (κ1) is 18.0. The van der Waals surface area contributed by atoms with E-state index in [4.69, 9.17) is 0 Å². The third-order valence-electron chi connectivity index (χ3n) is 6.00. The largest absolute Gasteiger partial charge is 0.342 e. The van der Waals surface area contributed by atoms with Gasteiger partial charge in [0.05, 0.1) is 5.69 Å². The number of piperidine rings is 1. The molecule has 5 nitrogen and oxygen atoms in total. The van der Waals surface area contributed by atoms with Crippen molar-refractivity contribution in [2.75, 3.05) is 13.1 Å². The summed E-state index contributed by atoms with van der Waals surface area (Å²) in [5.74, 6) is 1.01. The Morgan fingerprint density at radius 3 is 2.37 bits per heavy atom. The van der Waals surface area contributed by atoms with Crippen LogP contribution in [0.25, 0.3) is 11.3 Å². The molecule has 2 aliphatic rings. The van der Waals surface area contributed by atoms with Crippen LogP contribution in [0.15, 0.2) is 47.3 Å². The highest BCUT2D eigenvalue weighted by molar-refractivity contribution is 5.79. The van der Waals surface area contributed by atoms with Crippen molar-refractivity contribution in [2.24, 2.45) is 11.8 Å².